The lowest BCUT2D eigenvalue weighted by Crippen LogP contribution is -2.50. The third kappa shape index (κ3) is 5.81. The minimum atomic E-state index is 0.482. The maximum atomic E-state index is 2.52. The van der Waals surface area contributed by atoms with E-state index in [9.17, 15) is 0 Å². The molecule has 0 aliphatic rings. The Bertz CT molecular complexity index is 536. The second kappa shape index (κ2) is 9.49. The topological polar surface area (TPSA) is 9.14 Å². The third-order valence-corrected chi connectivity index (χ3v) is 4.12. The number of unbranched alkanes of at least 4 members (excludes halogenated alkanes) is 1. The van der Waals surface area contributed by atoms with Crippen LogP contribution >= 0.6 is 0 Å². The first-order chi connectivity index (χ1) is 11.2. The maximum Gasteiger partial charge on any atom is 0.170 e. The molecule has 1 radical (unpaired) electrons. The Kier molecular flexibility index (Phi) is 7.31. The molecule has 0 atom stereocenters. The van der Waals surface area contributed by atoms with Crippen molar-refractivity contribution in [2.45, 2.75) is 52.7 Å². The summed E-state index contributed by atoms with van der Waals surface area (Å²) in [5, 5.41) is 5.04. The van der Waals surface area contributed by atoms with Gasteiger partial charge in [-0.1, -0.05) is 84.0 Å². The van der Waals surface area contributed by atoms with E-state index in [1.807, 2.05) is 0 Å². The molecule has 0 aliphatic carbocycles. The van der Waals surface area contributed by atoms with Gasteiger partial charge in [0.15, 0.2) is 6.54 Å². The first kappa shape index (κ1) is 17.7. The third-order valence-electron chi connectivity index (χ3n) is 4.12. The second-order valence-corrected chi connectivity index (χ2v) is 6.40. The quantitative estimate of drug-likeness (QED) is 0.470. The summed E-state index contributed by atoms with van der Waals surface area (Å²) in [6.07, 6.45) is 2.45. The second-order valence-electron chi connectivity index (χ2n) is 6.40. The van der Waals surface area contributed by atoms with Crippen LogP contribution in [0.5, 0.6) is 0 Å². The fourth-order valence-corrected chi connectivity index (χ4v) is 2.81. The highest BCUT2D eigenvalue weighted by molar-refractivity contribution is 5.16. The summed E-state index contributed by atoms with van der Waals surface area (Å²) in [5.74, 6) is 0. The van der Waals surface area contributed by atoms with E-state index in [0.717, 1.165) is 19.6 Å². The van der Waals surface area contributed by atoms with Crippen molar-refractivity contribution >= 4 is 0 Å². The molecule has 0 saturated carbocycles. The van der Waals surface area contributed by atoms with Crippen molar-refractivity contribution in [1.82, 2.24) is 10.0 Å². The zero-order valence-corrected chi connectivity index (χ0v) is 14.8. The first-order valence-electron chi connectivity index (χ1n) is 8.80. The van der Waals surface area contributed by atoms with Crippen LogP contribution < -0.4 is 5.01 Å². The minimum Gasteiger partial charge on any atom is -0.0991 e. The van der Waals surface area contributed by atoms with Gasteiger partial charge in [-0.3, -0.25) is 0 Å². The number of benzene rings is 2. The predicted molar refractivity (Wildman–Crippen MR) is 99.2 cm³/mol. The Morgan fingerprint density at radius 2 is 1.43 bits per heavy atom. The molecule has 0 aromatic heterocycles. The molecule has 0 fully saturated rings. The van der Waals surface area contributed by atoms with Crippen LogP contribution in [-0.2, 0) is 13.1 Å². The number of hydrogen-bond acceptors (Lipinski definition) is 2. The number of rotatable bonds is 9. The van der Waals surface area contributed by atoms with Crippen molar-refractivity contribution in [3.63, 3.8) is 0 Å². The highest BCUT2D eigenvalue weighted by Crippen LogP contribution is 2.14. The average Bonchev–Trinajstić information content (AvgIpc) is 2.58. The van der Waals surface area contributed by atoms with Crippen molar-refractivity contribution < 1.29 is 0 Å². The molecule has 2 nitrogen and oxygen atoms in total. The van der Waals surface area contributed by atoms with Gasteiger partial charge in [0.2, 0.25) is 0 Å². The molecule has 0 N–H and O–H groups in total. The molecule has 0 saturated heterocycles. The van der Waals surface area contributed by atoms with Gasteiger partial charge in [-0.25, -0.2) is 0 Å². The molecule has 2 heteroatoms. The molecule has 2 aromatic rings. The van der Waals surface area contributed by atoms with Crippen LogP contribution in [0, 0.1) is 0 Å². The van der Waals surface area contributed by atoms with E-state index >= 15 is 0 Å². The van der Waals surface area contributed by atoms with Crippen LogP contribution in [0.15, 0.2) is 60.7 Å². The van der Waals surface area contributed by atoms with Crippen LogP contribution in [0.1, 0.15) is 44.7 Å². The van der Waals surface area contributed by atoms with Gasteiger partial charge in [-0.05, 0) is 19.4 Å². The molecule has 0 amide bonds. The highest BCUT2D eigenvalue weighted by Gasteiger charge is 2.28. The Labute approximate surface area is 141 Å². The van der Waals surface area contributed by atoms with Gasteiger partial charge >= 0.3 is 0 Å². The average molecular weight is 310 g/mol. The van der Waals surface area contributed by atoms with Gasteiger partial charge in [-0.2, -0.15) is 0 Å². The lowest BCUT2D eigenvalue weighted by molar-refractivity contribution is 0.0187. The van der Waals surface area contributed by atoms with Crippen LogP contribution in [0.3, 0.4) is 0 Å². The van der Waals surface area contributed by atoms with E-state index in [0.29, 0.717) is 6.04 Å². The Morgan fingerprint density at radius 3 is 1.96 bits per heavy atom. The van der Waals surface area contributed by atoms with Gasteiger partial charge in [0.1, 0.15) is 6.54 Å². The molecule has 0 heterocycles. The molecule has 2 rings (SSSR count). The van der Waals surface area contributed by atoms with E-state index in [2.05, 4.69) is 91.5 Å². The van der Waals surface area contributed by atoms with E-state index in [4.69, 9.17) is 0 Å². The molecule has 0 spiro atoms. The van der Waals surface area contributed by atoms with E-state index in [1.165, 1.54) is 24.0 Å². The van der Waals surface area contributed by atoms with Crippen molar-refractivity contribution in [2.75, 3.05) is 6.54 Å². The molecule has 0 unspecified atom stereocenters. The van der Waals surface area contributed by atoms with Gasteiger partial charge in [0.05, 0.1) is 12.6 Å². The molecular formula is C21H30N2+. The molecule has 0 aliphatic heterocycles. The fourth-order valence-electron chi connectivity index (χ4n) is 2.81. The van der Waals surface area contributed by atoms with Crippen LogP contribution in [-0.4, -0.2) is 17.6 Å². The molecular weight excluding hydrogens is 280 g/mol. The van der Waals surface area contributed by atoms with Crippen LogP contribution in [0.25, 0.3) is 0 Å². The standard InChI is InChI=1S/C21H30N2/c1-4-5-16-22(17-20-12-8-6-9-13-20)23(19(2)3)18-21-14-10-7-11-15-21/h6-15,19H,4-5,16-18H2,1-3H3/q+1. The summed E-state index contributed by atoms with van der Waals surface area (Å²) in [5.41, 5.74) is 2.75. The summed E-state index contributed by atoms with van der Waals surface area (Å²) < 4.78 is 0. The number of nitrogens with zero attached hydrogens (tertiary/aromatic N) is 2. The molecule has 2 aromatic carbocycles. The Balaban J connectivity index is 2.14. The number of hydrogen-bond donors (Lipinski definition) is 0. The summed E-state index contributed by atoms with van der Waals surface area (Å²) >= 11 is 0. The van der Waals surface area contributed by atoms with Gasteiger partial charge in [-0.15, -0.1) is 0 Å². The molecule has 23 heavy (non-hydrogen) atoms. The van der Waals surface area contributed by atoms with Crippen LogP contribution in [0.4, 0.5) is 0 Å². The maximum absolute atomic E-state index is 2.52. The highest BCUT2D eigenvalue weighted by atomic mass is 15.6. The molecule has 123 valence electrons. The largest absolute Gasteiger partial charge is 0.170 e. The predicted octanol–water partition coefficient (Wildman–Crippen LogP) is 4.95. The Hall–Kier alpha value is -1.64. The van der Waals surface area contributed by atoms with Crippen molar-refractivity contribution in [2.24, 2.45) is 0 Å². The van der Waals surface area contributed by atoms with E-state index in [-0.39, 0.29) is 0 Å². The van der Waals surface area contributed by atoms with Gasteiger partial charge < -0.3 is 0 Å². The summed E-state index contributed by atoms with van der Waals surface area (Å²) in [4.78, 5) is 0. The molecule has 0 bridgehead atoms. The monoisotopic (exact) mass is 310 g/mol. The zero-order chi connectivity index (χ0) is 16.5. The summed E-state index contributed by atoms with van der Waals surface area (Å²) in [7, 11) is 0. The van der Waals surface area contributed by atoms with Gasteiger partial charge in [0, 0.05) is 12.0 Å². The number of hydrazine groups is 1. The first-order valence-corrected chi connectivity index (χ1v) is 8.80. The zero-order valence-electron chi connectivity index (χ0n) is 14.8. The minimum absolute atomic E-state index is 0.482. The van der Waals surface area contributed by atoms with Crippen LogP contribution in [0.2, 0.25) is 0 Å². The lowest BCUT2D eigenvalue weighted by atomic mass is 10.2. The normalized spacial score (nSPS) is 11.6. The fraction of sp³-hybridized carbons (Fsp3) is 0.429. The van der Waals surface area contributed by atoms with E-state index in [1.54, 1.807) is 0 Å². The summed E-state index contributed by atoms with van der Waals surface area (Å²) in [6.45, 7) is 9.88. The van der Waals surface area contributed by atoms with Crippen molar-refractivity contribution in [3.05, 3.63) is 71.8 Å². The van der Waals surface area contributed by atoms with Gasteiger partial charge in [0.25, 0.3) is 0 Å². The Morgan fingerprint density at radius 1 is 0.870 bits per heavy atom. The van der Waals surface area contributed by atoms with Crippen molar-refractivity contribution in [1.29, 1.82) is 0 Å². The van der Waals surface area contributed by atoms with Crippen molar-refractivity contribution in [3.8, 4) is 0 Å². The smallest absolute Gasteiger partial charge is 0.0991 e. The summed E-state index contributed by atoms with van der Waals surface area (Å²) in [6, 6.07) is 22.0. The lowest BCUT2D eigenvalue weighted by Gasteiger charge is -2.28. The SMILES string of the molecule is CCCC[N+](Cc1ccccc1)N(Cc1ccccc1)C(C)C. The van der Waals surface area contributed by atoms with E-state index < -0.39 is 0 Å².